The first-order chi connectivity index (χ1) is 9.09. The standard InChI is InChI=1S/C14H10BrFN2S/c1-8-4-2-7-11-12(8)17-14(19)18(11)13-9(15)5-3-6-10(13)16/h2-7H,1H3,(H,17,19). The number of aryl methyl sites for hydroxylation is 1. The predicted molar refractivity (Wildman–Crippen MR) is 80.9 cm³/mol. The average molecular weight is 337 g/mol. The van der Waals surface area contributed by atoms with Crippen molar-refractivity contribution in [2.75, 3.05) is 0 Å². The van der Waals surface area contributed by atoms with E-state index < -0.39 is 0 Å². The van der Waals surface area contributed by atoms with E-state index in [4.69, 9.17) is 12.2 Å². The van der Waals surface area contributed by atoms with Crippen LogP contribution in [0.5, 0.6) is 0 Å². The van der Waals surface area contributed by atoms with E-state index in [2.05, 4.69) is 20.9 Å². The summed E-state index contributed by atoms with van der Waals surface area (Å²) in [6.07, 6.45) is 0. The van der Waals surface area contributed by atoms with Gasteiger partial charge in [-0.1, -0.05) is 18.2 Å². The zero-order valence-electron chi connectivity index (χ0n) is 10.1. The van der Waals surface area contributed by atoms with Crippen molar-refractivity contribution in [1.29, 1.82) is 0 Å². The topological polar surface area (TPSA) is 20.7 Å². The molecule has 0 fully saturated rings. The lowest BCUT2D eigenvalue weighted by atomic mass is 10.2. The quantitative estimate of drug-likeness (QED) is 0.627. The Morgan fingerprint density at radius 2 is 1.95 bits per heavy atom. The summed E-state index contributed by atoms with van der Waals surface area (Å²) < 4.78 is 17.0. The van der Waals surface area contributed by atoms with E-state index in [1.807, 2.05) is 25.1 Å². The van der Waals surface area contributed by atoms with Crippen LogP contribution in [0.25, 0.3) is 16.7 Å². The van der Waals surface area contributed by atoms with Crippen LogP contribution >= 0.6 is 28.1 Å². The number of aromatic nitrogens is 2. The Morgan fingerprint density at radius 3 is 2.68 bits per heavy atom. The Morgan fingerprint density at radius 1 is 1.21 bits per heavy atom. The number of H-pyrrole nitrogens is 1. The summed E-state index contributed by atoms with van der Waals surface area (Å²) in [5.74, 6) is -0.312. The Hall–Kier alpha value is -1.46. The third kappa shape index (κ3) is 1.93. The third-order valence-electron chi connectivity index (χ3n) is 3.09. The van der Waals surface area contributed by atoms with Crippen molar-refractivity contribution in [2.24, 2.45) is 0 Å². The summed E-state index contributed by atoms with van der Waals surface area (Å²) in [6, 6.07) is 10.7. The monoisotopic (exact) mass is 336 g/mol. The van der Waals surface area contributed by atoms with E-state index in [-0.39, 0.29) is 5.82 Å². The van der Waals surface area contributed by atoms with Crippen LogP contribution in [0, 0.1) is 17.5 Å². The molecular weight excluding hydrogens is 327 g/mol. The van der Waals surface area contributed by atoms with Crippen LogP contribution in [-0.4, -0.2) is 9.55 Å². The Balaban J connectivity index is 2.47. The molecule has 2 nitrogen and oxygen atoms in total. The number of halogens is 2. The molecule has 19 heavy (non-hydrogen) atoms. The van der Waals surface area contributed by atoms with Gasteiger partial charge in [0.2, 0.25) is 0 Å². The normalized spacial score (nSPS) is 11.1. The molecule has 0 radical (unpaired) electrons. The van der Waals surface area contributed by atoms with Gasteiger partial charge in [-0.3, -0.25) is 4.57 Å². The number of hydrogen-bond acceptors (Lipinski definition) is 1. The van der Waals surface area contributed by atoms with Gasteiger partial charge in [-0.05, 0) is 58.8 Å². The molecule has 1 N–H and O–H groups in total. The number of nitrogens with zero attached hydrogens (tertiary/aromatic N) is 1. The van der Waals surface area contributed by atoms with Gasteiger partial charge in [-0.2, -0.15) is 0 Å². The molecule has 0 unspecified atom stereocenters. The number of imidazole rings is 1. The van der Waals surface area contributed by atoms with Crippen LogP contribution < -0.4 is 0 Å². The summed E-state index contributed by atoms with van der Waals surface area (Å²) in [5.41, 5.74) is 3.32. The minimum absolute atomic E-state index is 0.312. The maximum atomic E-state index is 14.1. The molecule has 0 saturated heterocycles. The third-order valence-corrected chi connectivity index (χ3v) is 4.01. The van der Waals surface area contributed by atoms with Gasteiger partial charge < -0.3 is 4.98 Å². The van der Waals surface area contributed by atoms with Gasteiger partial charge in [0.1, 0.15) is 5.82 Å². The first kappa shape index (κ1) is 12.6. The van der Waals surface area contributed by atoms with Crippen LogP contribution in [-0.2, 0) is 0 Å². The Labute approximate surface area is 123 Å². The van der Waals surface area contributed by atoms with E-state index in [1.54, 1.807) is 16.7 Å². The minimum Gasteiger partial charge on any atom is -0.330 e. The van der Waals surface area contributed by atoms with Crippen LogP contribution in [0.4, 0.5) is 4.39 Å². The summed E-state index contributed by atoms with van der Waals surface area (Å²) in [6.45, 7) is 1.99. The molecule has 5 heteroatoms. The predicted octanol–water partition coefficient (Wildman–Crippen LogP) is 4.90. The van der Waals surface area contributed by atoms with Crippen molar-refractivity contribution >= 4 is 39.2 Å². The summed E-state index contributed by atoms with van der Waals surface area (Å²) in [4.78, 5) is 3.14. The molecule has 96 valence electrons. The molecule has 0 saturated carbocycles. The largest absolute Gasteiger partial charge is 0.330 e. The lowest BCUT2D eigenvalue weighted by molar-refractivity contribution is 0.617. The van der Waals surface area contributed by atoms with Crippen LogP contribution in [0.1, 0.15) is 5.56 Å². The number of hydrogen-bond donors (Lipinski definition) is 1. The van der Waals surface area contributed by atoms with Crippen molar-refractivity contribution in [2.45, 2.75) is 6.92 Å². The van der Waals surface area contributed by atoms with Crippen molar-refractivity contribution in [1.82, 2.24) is 9.55 Å². The van der Waals surface area contributed by atoms with Gasteiger partial charge in [0.15, 0.2) is 4.77 Å². The van der Waals surface area contributed by atoms with Crippen molar-refractivity contribution in [3.8, 4) is 5.69 Å². The average Bonchev–Trinajstić information content (AvgIpc) is 2.68. The number of rotatable bonds is 1. The van der Waals surface area contributed by atoms with Crippen LogP contribution in [0.3, 0.4) is 0 Å². The first-order valence-electron chi connectivity index (χ1n) is 5.74. The molecule has 1 aromatic heterocycles. The smallest absolute Gasteiger partial charge is 0.182 e. The lowest BCUT2D eigenvalue weighted by Gasteiger charge is -2.08. The van der Waals surface area contributed by atoms with E-state index in [0.717, 1.165) is 16.6 Å². The van der Waals surface area contributed by atoms with Crippen molar-refractivity contribution in [3.05, 3.63) is 57.0 Å². The fraction of sp³-hybridized carbons (Fsp3) is 0.0714. The molecule has 2 aromatic carbocycles. The molecule has 0 bridgehead atoms. The molecule has 3 rings (SSSR count). The summed E-state index contributed by atoms with van der Waals surface area (Å²) >= 11 is 8.72. The van der Waals surface area contributed by atoms with Gasteiger partial charge in [-0.15, -0.1) is 0 Å². The maximum Gasteiger partial charge on any atom is 0.182 e. The zero-order valence-corrected chi connectivity index (χ0v) is 12.5. The van der Waals surface area contributed by atoms with E-state index in [0.29, 0.717) is 14.9 Å². The number of para-hydroxylation sites is 2. The second-order valence-electron chi connectivity index (χ2n) is 4.30. The van der Waals surface area contributed by atoms with Crippen LogP contribution in [0.2, 0.25) is 0 Å². The zero-order chi connectivity index (χ0) is 13.6. The molecule has 0 atom stereocenters. The van der Waals surface area contributed by atoms with E-state index >= 15 is 0 Å². The second kappa shape index (κ2) is 4.58. The molecule has 1 heterocycles. The highest BCUT2D eigenvalue weighted by molar-refractivity contribution is 9.10. The van der Waals surface area contributed by atoms with Gasteiger partial charge in [-0.25, -0.2) is 4.39 Å². The van der Waals surface area contributed by atoms with Crippen LogP contribution in [0.15, 0.2) is 40.9 Å². The highest BCUT2D eigenvalue weighted by Gasteiger charge is 2.14. The SMILES string of the molecule is Cc1cccc2c1[nH]c(=S)n2-c1c(F)cccc1Br. The molecule has 0 spiro atoms. The molecule has 0 aliphatic heterocycles. The number of nitrogens with one attached hydrogen (secondary N) is 1. The van der Waals surface area contributed by atoms with Gasteiger partial charge in [0.05, 0.1) is 16.7 Å². The summed E-state index contributed by atoms with van der Waals surface area (Å²) in [7, 11) is 0. The van der Waals surface area contributed by atoms with E-state index in [9.17, 15) is 4.39 Å². The Kier molecular flexibility index (Phi) is 3.03. The molecule has 0 aliphatic carbocycles. The molecule has 0 aliphatic rings. The fourth-order valence-corrected chi connectivity index (χ4v) is 3.01. The fourth-order valence-electron chi connectivity index (χ4n) is 2.20. The number of aromatic amines is 1. The second-order valence-corrected chi connectivity index (χ2v) is 5.55. The maximum absolute atomic E-state index is 14.1. The molecule has 0 amide bonds. The minimum atomic E-state index is -0.312. The van der Waals surface area contributed by atoms with Gasteiger partial charge >= 0.3 is 0 Å². The first-order valence-corrected chi connectivity index (χ1v) is 6.94. The van der Waals surface area contributed by atoms with Gasteiger partial charge in [0.25, 0.3) is 0 Å². The summed E-state index contributed by atoms with van der Waals surface area (Å²) in [5, 5.41) is 0. The number of benzene rings is 2. The van der Waals surface area contributed by atoms with Gasteiger partial charge in [0, 0.05) is 4.47 Å². The highest BCUT2D eigenvalue weighted by Crippen LogP contribution is 2.29. The van der Waals surface area contributed by atoms with Crippen molar-refractivity contribution in [3.63, 3.8) is 0 Å². The number of fused-ring (bicyclic) bond motifs is 1. The highest BCUT2D eigenvalue weighted by atomic mass is 79.9. The Bertz CT molecular complexity index is 815. The van der Waals surface area contributed by atoms with Crippen molar-refractivity contribution < 1.29 is 4.39 Å². The molecular formula is C14H10BrFN2S. The van der Waals surface area contributed by atoms with E-state index in [1.165, 1.54) is 6.07 Å². The lowest BCUT2D eigenvalue weighted by Crippen LogP contribution is -1.99. The molecule has 3 aromatic rings.